The summed E-state index contributed by atoms with van der Waals surface area (Å²) < 4.78 is 0. The number of amides is 2. The molecule has 0 bridgehead atoms. The van der Waals surface area contributed by atoms with Crippen LogP contribution in [-0.2, 0) is 16.0 Å². The maximum Gasteiger partial charge on any atom is 0.475 e. The summed E-state index contributed by atoms with van der Waals surface area (Å²) in [6.07, 6.45) is 2.24. The lowest BCUT2D eigenvalue weighted by Gasteiger charge is -2.24. The standard InChI is InChI=1S/C21H32BN3O4.C4H10/c1-5-7-17(21(27)24-19(22(28)29)12-15(2)3)13-16-8-6-9-18(14-16)25(4)20(26)10-11-23;1-4(2)3/h6,8-9,14-15,17,19,28-29H,5,7,10,12-13H2,1-4H3,(H,24,27);4H,1-3H3/t17-,19-;/m0./s1. The topological polar surface area (TPSA) is 114 Å². The molecule has 0 spiro atoms. The molecule has 2 atom stereocenters. The molecule has 0 saturated carbocycles. The first-order valence-electron chi connectivity index (χ1n) is 11.8. The zero-order chi connectivity index (χ0) is 25.6. The van der Waals surface area contributed by atoms with Gasteiger partial charge in [0.2, 0.25) is 11.8 Å². The summed E-state index contributed by atoms with van der Waals surface area (Å²) in [5.41, 5.74) is 1.57. The third-order valence-corrected chi connectivity index (χ3v) is 4.81. The number of benzene rings is 1. The Morgan fingerprint density at radius 3 is 2.27 bits per heavy atom. The van der Waals surface area contributed by atoms with Gasteiger partial charge in [-0.05, 0) is 48.8 Å². The Hall–Kier alpha value is -2.37. The van der Waals surface area contributed by atoms with E-state index in [9.17, 15) is 19.6 Å². The van der Waals surface area contributed by atoms with E-state index in [1.807, 2.05) is 45.0 Å². The highest BCUT2D eigenvalue weighted by Crippen LogP contribution is 2.21. The van der Waals surface area contributed by atoms with Gasteiger partial charge < -0.3 is 20.3 Å². The molecule has 1 aromatic rings. The van der Waals surface area contributed by atoms with Crippen LogP contribution in [0.5, 0.6) is 0 Å². The summed E-state index contributed by atoms with van der Waals surface area (Å²) in [5, 5.41) is 30.7. The Labute approximate surface area is 200 Å². The van der Waals surface area contributed by atoms with Crippen LogP contribution in [0.2, 0.25) is 0 Å². The monoisotopic (exact) mass is 459 g/mol. The van der Waals surface area contributed by atoms with E-state index in [1.54, 1.807) is 13.1 Å². The van der Waals surface area contributed by atoms with Crippen LogP contribution in [0.15, 0.2) is 24.3 Å². The largest absolute Gasteiger partial charge is 0.475 e. The van der Waals surface area contributed by atoms with E-state index in [-0.39, 0.29) is 30.1 Å². The molecule has 0 saturated heterocycles. The van der Waals surface area contributed by atoms with Crippen molar-refractivity contribution in [2.45, 2.75) is 79.6 Å². The van der Waals surface area contributed by atoms with Gasteiger partial charge in [0.1, 0.15) is 6.42 Å². The van der Waals surface area contributed by atoms with Gasteiger partial charge in [0.05, 0.1) is 12.0 Å². The predicted molar refractivity (Wildman–Crippen MR) is 134 cm³/mol. The van der Waals surface area contributed by atoms with Crippen molar-refractivity contribution in [2.75, 3.05) is 11.9 Å². The molecule has 0 aliphatic heterocycles. The average Bonchev–Trinajstić information content (AvgIpc) is 2.72. The van der Waals surface area contributed by atoms with Crippen LogP contribution in [0.1, 0.15) is 72.8 Å². The number of anilines is 1. The number of nitrogens with one attached hydrogen (secondary N) is 1. The van der Waals surface area contributed by atoms with Gasteiger partial charge in [-0.1, -0.05) is 60.1 Å². The van der Waals surface area contributed by atoms with Crippen LogP contribution in [0.25, 0.3) is 0 Å². The van der Waals surface area contributed by atoms with E-state index in [4.69, 9.17) is 5.26 Å². The van der Waals surface area contributed by atoms with Crippen molar-refractivity contribution in [2.24, 2.45) is 17.8 Å². The molecule has 2 amide bonds. The molecule has 1 aromatic carbocycles. The lowest BCUT2D eigenvalue weighted by molar-refractivity contribution is -0.125. The fraction of sp³-hybridized carbons (Fsp3) is 0.640. The number of carbonyl (C=O) groups excluding carboxylic acids is 2. The second-order valence-corrected chi connectivity index (χ2v) is 9.54. The lowest BCUT2D eigenvalue weighted by Crippen LogP contribution is -2.49. The highest BCUT2D eigenvalue weighted by atomic mass is 16.4. The van der Waals surface area contributed by atoms with Crippen molar-refractivity contribution in [3.63, 3.8) is 0 Å². The minimum Gasteiger partial charge on any atom is -0.426 e. The summed E-state index contributed by atoms with van der Waals surface area (Å²) in [6.45, 7) is 12.4. The van der Waals surface area contributed by atoms with Crippen LogP contribution in [0.4, 0.5) is 5.69 Å². The highest BCUT2D eigenvalue weighted by Gasteiger charge is 2.29. The van der Waals surface area contributed by atoms with Crippen molar-refractivity contribution in [1.29, 1.82) is 5.26 Å². The second kappa shape index (κ2) is 16.3. The molecule has 3 N–H and O–H groups in total. The molecule has 0 heterocycles. The molecule has 0 radical (unpaired) electrons. The van der Waals surface area contributed by atoms with Crippen LogP contribution < -0.4 is 10.2 Å². The molecule has 0 aliphatic rings. The summed E-state index contributed by atoms with van der Waals surface area (Å²) in [5.74, 6) is -0.470. The number of carbonyl (C=O) groups is 2. The third-order valence-electron chi connectivity index (χ3n) is 4.81. The van der Waals surface area contributed by atoms with Gasteiger partial charge in [0.25, 0.3) is 0 Å². The van der Waals surface area contributed by atoms with Gasteiger partial charge >= 0.3 is 7.12 Å². The van der Waals surface area contributed by atoms with Gasteiger partial charge in [0, 0.05) is 18.7 Å². The van der Waals surface area contributed by atoms with Crippen molar-refractivity contribution in [1.82, 2.24) is 5.32 Å². The Balaban J connectivity index is 0.00000235. The van der Waals surface area contributed by atoms with E-state index in [2.05, 4.69) is 26.1 Å². The van der Waals surface area contributed by atoms with Crippen LogP contribution in [0, 0.1) is 29.1 Å². The van der Waals surface area contributed by atoms with E-state index >= 15 is 0 Å². The van der Waals surface area contributed by atoms with E-state index < -0.39 is 13.1 Å². The zero-order valence-electron chi connectivity index (χ0n) is 21.3. The minimum atomic E-state index is -1.60. The molecule has 184 valence electrons. The van der Waals surface area contributed by atoms with Crippen molar-refractivity contribution >= 4 is 24.6 Å². The van der Waals surface area contributed by atoms with Gasteiger partial charge in [0.15, 0.2) is 0 Å². The smallest absolute Gasteiger partial charge is 0.426 e. The van der Waals surface area contributed by atoms with Crippen molar-refractivity contribution in [3.05, 3.63) is 29.8 Å². The Kier molecular flexibility index (Phi) is 15.1. The molecule has 33 heavy (non-hydrogen) atoms. The number of nitriles is 1. The molecule has 0 unspecified atom stereocenters. The van der Waals surface area contributed by atoms with E-state index in [0.717, 1.165) is 17.9 Å². The summed E-state index contributed by atoms with van der Waals surface area (Å²) in [6, 6.07) is 9.20. The molecule has 1 rings (SSSR count). The Morgan fingerprint density at radius 1 is 1.18 bits per heavy atom. The number of hydrogen-bond donors (Lipinski definition) is 3. The quantitative estimate of drug-likeness (QED) is 0.437. The fourth-order valence-corrected chi connectivity index (χ4v) is 3.24. The van der Waals surface area contributed by atoms with Crippen molar-refractivity contribution in [3.8, 4) is 6.07 Å². The summed E-state index contributed by atoms with van der Waals surface area (Å²) >= 11 is 0. The van der Waals surface area contributed by atoms with Crippen LogP contribution >= 0.6 is 0 Å². The first-order chi connectivity index (χ1) is 15.4. The van der Waals surface area contributed by atoms with E-state index in [1.165, 1.54) is 4.90 Å². The normalized spacial score (nSPS) is 12.3. The number of nitrogens with zero attached hydrogens (tertiary/aromatic N) is 2. The van der Waals surface area contributed by atoms with Crippen LogP contribution in [-0.4, -0.2) is 42.0 Å². The highest BCUT2D eigenvalue weighted by molar-refractivity contribution is 6.43. The average molecular weight is 459 g/mol. The zero-order valence-corrected chi connectivity index (χ0v) is 21.3. The minimum absolute atomic E-state index is 0.192. The molecular formula is C25H42BN3O4. The molecule has 7 nitrogen and oxygen atoms in total. The maximum atomic E-state index is 12.8. The van der Waals surface area contributed by atoms with E-state index in [0.29, 0.717) is 24.9 Å². The summed E-state index contributed by atoms with van der Waals surface area (Å²) in [7, 11) is 0.0144. The SMILES string of the molecule is CC(C)C.CCC[C@@H](Cc1cccc(N(C)C(=O)CC#N)c1)C(=O)N[C@@H](CC(C)C)B(O)O. The Bertz CT molecular complexity index is 760. The van der Waals surface area contributed by atoms with Gasteiger partial charge in [-0.2, -0.15) is 5.26 Å². The van der Waals surface area contributed by atoms with Gasteiger partial charge in [-0.15, -0.1) is 0 Å². The first kappa shape index (κ1) is 30.6. The third kappa shape index (κ3) is 13.1. The van der Waals surface area contributed by atoms with Gasteiger partial charge in [-0.3, -0.25) is 9.59 Å². The first-order valence-corrected chi connectivity index (χ1v) is 11.8. The predicted octanol–water partition coefficient (Wildman–Crippen LogP) is 3.73. The summed E-state index contributed by atoms with van der Waals surface area (Å²) in [4.78, 5) is 26.2. The van der Waals surface area contributed by atoms with Crippen molar-refractivity contribution < 1.29 is 19.6 Å². The number of rotatable bonds is 11. The molecule has 8 heteroatoms. The lowest BCUT2D eigenvalue weighted by atomic mass is 9.74. The molecule has 0 fully saturated rings. The van der Waals surface area contributed by atoms with Gasteiger partial charge in [-0.25, -0.2) is 0 Å². The molecular weight excluding hydrogens is 417 g/mol. The number of hydrogen-bond acceptors (Lipinski definition) is 5. The second-order valence-electron chi connectivity index (χ2n) is 9.54. The Morgan fingerprint density at radius 2 is 1.79 bits per heavy atom. The van der Waals surface area contributed by atoms with Crippen LogP contribution in [0.3, 0.4) is 0 Å². The fourth-order valence-electron chi connectivity index (χ4n) is 3.24. The molecule has 0 aromatic heterocycles. The molecule has 0 aliphatic carbocycles. The maximum absolute atomic E-state index is 12.8.